The molecule has 0 aliphatic carbocycles. The number of benzene rings is 1. The Bertz CT molecular complexity index is 608. The number of hydrogen-bond donors (Lipinski definition) is 0. The van der Waals surface area contributed by atoms with Crippen molar-refractivity contribution < 1.29 is 28.5 Å². The van der Waals surface area contributed by atoms with Gasteiger partial charge < -0.3 is 18.9 Å². The number of ether oxygens (including phenoxy) is 4. The first-order chi connectivity index (χ1) is 13.5. The molecule has 3 rings (SSSR count). The third kappa shape index (κ3) is 7.22. The molecule has 2 fully saturated rings. The molecule has 7 heteroatoms. The second-order valence-electron chi connectivity index (χ2n) is 7.65. The summed E-state index contributed by atoms with van der Waals surface area (Å²) in [6, 6.07) is 10.00. The van der Waals surface area contributed by atoms with Gasteiger partial charge in [0.1, 0.15) is 25.4 Å². The van der Waals surface area contributed by atoms with E-state index in [-0.39, 0.29) is 36.0 Å². The highest BCUT2D eigenvalue weighted by atomic mass is 16.6. The molecule has 7 nitrogen and oxygen atoms in total. The number of rotatable bonds is 12. The Labute approximate surface area is 165 Å². The lowest BCUT2D eigenvalue weighted by atomic mass is 10.1. The smallest absolute Gasteiger partial charge is 0.310 e. The third-order valence-electron chi connectivity index (χ3n) is 4.75. The fraction of sp³-hybridized carbons (Fsp3) is 0.619. The van der Waals surface area contributed by atoms with Crippen LogP contribution in [0.2, 0.25) is 0 Å². The molecule has 0 N–H and O–H groups in total. The van der Waals surface area contributed by atoms with Gasteiger partial charge in [-0.2, -0.15) is 0 Å². The number of nitrogens with zero attached hydrogens (tertiary/aromatic N) is 1. The van der Waals surface area contributed by atoms with Crippen molar-refractivity contribution in [1.29, 1.82) is 0 Å². The average molecular weight is 391 g/mol. The van der Waals surface area contributed by atoms with Gasteiger partial charge in [-0.15, -0.1) is 0 Å². The van der Waals surface area contributed by atoms with Gasteiger partial charge in [-0.25, -0.2) is 0 Å². The standard InChI is InChI=1S/C21H29NO6/c1-15(20(23)27-13-18-11-25-18)8-22(10-17-6-4-3-5-7-17)9-16(2)21(24)28-14-19-12-26-19/h3-7,15-16,18-19H,8-14H2,1-2H3. The molecule has 0 amide bonds. The minimum atomic E-state index is -0.300. The molecule has 4 unspecified atom stereocenters. The van der Waals surface area contributed by atoms with Crippen LogP contribution in [-0.4, -0.2) is 68.6 Å². The molecule has 2 aliphatic heterocycles. The van der Waals surface area contributed by atoms with Crippen LogP contribution in [0, 0.1) is 11.8 Å². The van der Waals surface area contributed by atoms with Gasteiger partial charge in [0.05, 0.1) is 25.0 Å². The number of carbonyl (C=O) groups excluding carboxylic acids is 2. The van der Waals surface area contributed by atoms with Crippen molar-refractivity contribution in [3.05, 3.63) is 35.9 Å². The van der Waals surface area contributed by atoms with Crippen LogP contribution in [0.25, 0.3) is 0 Å². The first-order valence-electron chi connectivity index (χ1n) is 9.84. The minimum absolute atomic E-state index is 0.0572. The number of hydrogen-bond acceptors (Lipinski definition) is 7. The Morgan fingerprint density at radius 2 is 1.43 bits per heavy atom. The zero-order valence-electron chi connectivity index (χ0n) is 16.5. The highest BCUT2D eigenvalue weighted by Crippen LogP contribution is 2.15. The van der Waals surface area contributed by atoms with E-state index in [0.29, 0.717) is 46.1 Å². The largest absolute Gasteiger partial charge is 0.463 e. The molecule has 0 saturated carbocycles. The van der Waals surface area contributed by atoms with Gasteiger partial charge in [-0.05, 0) is 5.56 Å². The number of esters is 2. The van der Waals surface area contributed by atoms with Crippen LogP contribution < -0.4 is 0 Å². The fourth-order valence-electron chi connectivity index (χ4n) is 2.93. The van der Waals surface area contributed by atoms with Crippen molar-refractivity contribution in [3.63, 3.8) is 0 Å². The maximum Gasteiger partial charge on any atom is 0.310 e. The van der Waals surface area contributed by atoms with Crippen LogP contribution >= 0.6 is 0 Å². The van der Waals surface area contributed by atoms with Crippen LogP contribution in [0.15, 0.2) is 30.3 Å². The van der Waals surface area contributed by atoms with Gasteiger partial charge in [0.25, 0.3) is 0 Å². The predicted octanol–water partition coefficient (Wildman–Crippen LogP) is 1.64. The molecule has 0 bridgehead atoms. The van der Waals surface area contributed by atoms with Crippen molar-refractivity contribution in [2.45, 2.75) is 32.6 Å². The van der Waals surface area contributed by atoms with Crippen molar-refractivity contribution in [2.75, 3.05) is 39.5 Å². The van der Waals surface area contributed by atoms with Gasteiger partial charge in [-0.1, -0.05) is 44.2 Å². The van der Waals surface area contributed by atoms with Crippen molar-refractivity contribution >= 4 is 11.9 Å². The van der Waals surface area contributed by atoms with Gasteiger partial charge >= 0.3 is 11.9 Å². The first-order valence-corrected chi connectivity index (χ1v) is 9.84. The Kier molecular flexibility index (Phi) is 7.42. The average Bonchev–Trinajstić information content (AvgIpc) is 3.59. The van der Waals surface area contributed by atoms with Gasteiger partial charge in [0.2, 0.25) is 0 Å². The quantitative estimate of drug-likeness (QED) is 0.396. The molecule has 2 heterocycles. The van der Waals surface area contributed by atoms with Gasteiger partial charge in [0.15, 0.2) is 0 Å². The second kappa shape index (κ2) is 10.0. The molecule has 2 saturated heterocycles. The van der Waals surface area contributed by atoms with E-state index in [1.807, 2.05) is 44.2 Å². The SMILES string of the molecule is CC(CN(Cc1ccccc1)CC(C)C(=O)OCC1CO1)C(=O)OCC1CO1. The van der Waals surface area contributed by atoms with Crippen molar-refractivity contribution in [3.8, 4) is 0 Å². The van der Waals surface area contributed by atoms with Crippen LogP contribution in [-0.2, 0) is 35.1 Å². The lowest BCUT2D eigenvalue weighted by Gasteiger charge is -2.27. The summed E-state index contributed by atoms with van der Waals surface area (Å²) in [6.45, 7) is 7.30. The summed E-state index contributed by atoms with van der Waals surface area (Å²) in [4.78, 5) is 26.6. The molecule has 154 valence electrons. The first kappa shape index (κ1) is 20.8. The lowest BCUT2D eigenvalue weighted by Crippen LogP contribution is -2.37. The highest BCUT2D eigenvalue weighted by molar-refractivity contribution is 5.73. The minimum Gasteiger partial charge on any atom is -0.463 e. The Morgan fingerprint density at radius 3 is 1.86 bits per heavy atom. The van der Waals surface area contributed by atoms with E-state index in [1.54, 1.807) is 0 Å². The number of carbonyl (C=O) groups is 2. The summed E-state index contributed by atoms with van der Waals surface area (Å²) in [7, 11) is 0. The molecule has 0 radical (unpaired) electrons. The topological polar surface area (TPSA) is 80.9 Å². The molecule has 1 aromatic rings. The fourth-order valence-corrected chi connectivity index (χ4v) is 2.93. The molecule has 0 aromatic heterocycles. The predicted molar refractivity (Wildman–Crippen MR) is 101 cm³/mol. The van der Waals surface area contributed by atoms with E-state index < -0.39 is 0 Å². The highest BCUT2D eigenvalue weighted by Gasteiger charge is 2.28. The van der Waals surface area contributed by atoms with Crippen LogP contribution in [0.5, 0.6) is 0 Å². The molecule has 2 aliphatic rings. The summed E-state index contributed by atoms with van der Waals surface area (Å²) >= 11 is 0. The maximum atomic E-state index is 12.3. The van der Waals surface area contributed by atoms with E-state index in [9.17, 15) is 9.59 Å². The molecular formula is C21H29NO6. The lowest BCUT2D eigenvalue weighted by molar-refractivity contribution is -0.150. The summed E-state index contributed by atoms with van der Waals surface area (Å²) < 4.78 is 20.8. The summed E-state index contributed by atoms with van der Waals surface area (Å²) in [5, 5.41) is 0. The zero-order valence-corrected chi connectivity index (χ0v) is 16.5. The van der Waals surface area contributed by atoms with Gasteiger partial charge in [-0.3, -0.25) is 14.5 Å². The molecule has 0 spiro atoms. The Morgan fingerprint density at radius 1 is 0.964 bits per heavy atom. The second-order valence-corrected chi connectivity index (χ2v) is 7.65. The molecular weight excluding hydrogens is 362 g/mol. The van der Waals surface area contributed by atoms with Crippen LogP contribution in [0.1, 0.15) is 19.4 Å². The summed E-state index contributed by atoms with van der Waals surface area (Å²) in [6.07, 6.45) is 0.114. The van der Waals surface area contributed by atoms with E-state index in [2.05, 4.69) is 4.90 Å². The number of epoxide rings is 2. The molecule has 1 aromatic carbocycles. The summed E-state index contributed by atoms with van der Waals surface area (Å²) in [5.74, 6) is -1.08. The zero-order chi connectivity index (χ0) is 19.9. The Balaban J connectivity index is 1.53. The molecule has 28 heavy (non-hydrogen) atoms. The monoisotopic (exact) mass is 391 g/mol. The Hall–Kier alpha value is -1.96. The van der Waals surface area contributed by atoms with E-state index in [0.717, 1.165) is 5.56 Å². The van der Waals surface area contributed by atoms with E-state index in [1.165, 1.54) is 0 Å². The van der Waals surface area contributed by atoms with Crippen molar-refractivity contribution in [1.82, 2.24) is 4.90 Å². The third-order valence-corrected chi connectivity index (χ3v) is 4.75. The van der Waals surface area contributed by atoms with Gasteiger partial charge in [0, 0.05) is 19.6 Å². The normalized spacial score (nSPS) is 22.4. The van der Waals surface area contributed by atoms with Crippen LogP contribution in [0.4, 0.5) is 0 Å². The van der Waals surface area contributed by atoms with Crippen LogP contribution in [0.3, 0.4) is 0 Å². The van der Waals surface area contributed by atoms with E-state index in [4.69, 9.17) is 18.9 Å². The maximum absolute atomic E-state index is 12.3. The van der Waals surface area contributed by atoms with Crippen molar-refractivity contribution in [2.24, 2.45) is 11.8 Å². The van der Waals surface area contributed by atoms with E-state index >= 15 is 0 Å². The molecule has 4 atom stereocenters. The summed E-state index contributed by atoms with van der Waals surface area (Å²) in [5.41, 5.74) is 1.13.